The number of nitrogens with zero attached hydrogens (tertiary/aromatic N) is 3. The Hall–Kier alpha value is -2.40. The average molecular weight is 336 g/mol. The molecule has 0 bridgehead atoms. The fourth-order valence-corrected chi connectivity index (χ4v) is 3.47. The molecule has 25 heavy (non-hydrogen) atoms. The molecule has 0 amide bonds. The fraction of sp³-hybridized carbons (Fsp3) is 0.400. The van der Waals surface area contributed by atoms with Gasteiger partial charge in [-0.1, -0.05) is 18.2 Å². The molecule has 3 aromatic rings. The van der Waals surface area contributed by atoms with Gasteiger partial charge in [0, 0.05) is 42.3 Å². The number of hydrogen-bond acceptors (Lipinski definition) is 5. The van der Waals surface area contributed by atoms with E-state index in [1.54, 1.807) is 0 Å². The summed E-state index contributed by atoms with van der Waals surface area (Å²) in [6.45, 7) is 7.04. The molecule has 1 unspecified atom stereocenters. The zero-order chi connectivity index (χ0) is 17.2. The third-order valence-electron chi connectivity index (χ3n) is 4.85. The van der Waals surface area contributed by atoms with Crippen LogP contribution in [0, 0.1) is 6.92 Å². The van der Waals surface area contributed by atoms with E-state index >= 15 is 0 Å². The zero-order valence-corrected chi connectivity index (χ0v) is 14.8. The number of para-hydroxylation sites is 1. The van der Waals surface area contributed by atoms with Crippen molar-refractivity contribution in [1.82, 2.24) is 15.3 Å². The molecule has 1 atom stereocenters. The summed E-state index contributed by atoms with van der Waals surface area (Å²) in [4.78, 5) is 11.6. The number of hydrogen-bond donors (Lipinski definition) is 1. The van der Waals surface area contributed by atoms with Crippen LogP contribution in [-0.4, -0.2) is 23.1 Å². The molecule has 0 spiro atoms. The Morgan fingerprint density at radius 3 is 2.84 bits per heavy atom. The van der Waals surface area contributed by atoms with E-state index in [0.29, 0.717) is 6.54 Å². The first-order valence-corrected chi connectivity index (χ1v) is 9.00. The number of aromatic nitrogens is 2. The van der Waals surface area contributed by atoms with E-state index in [2.05, 4.69) is 34.3 Å². The van der Waals surface area contributed by atoms with Gasteiger partial charge in [-0.2, -0.15) is 0 Å². The molecule has 0 saturated carbocycles. The van der Waals surface area contributed by atoms with E-state index < -0.39 is 0 Å². The molecule has 2 aromatic heterocycles. The fourth-order valence-electron chi connectivity index (χ4n) is 3.47. The van der Waals surface area contributed by atoms with E-state index in [0.717, 1.165) is 36.0 Å². The predicted octanol–water partition coefficient (Wildman–Crippen LogP) is 3.98. The van der Waals surface area contributed by atoms with Crippen LogP contribution in [0.25, 0.3) is 11.0 Å². The lowest BCUT2D eigenvalue weighted by molar-refractivity contribution is 0.549. The highest BCUT2D eigenvalue weighted by Crippen LogP contribution is 2.26. The Morgan fingerprint density at radius 2 is 2.00 bits per heavy atom. The summed E-state index contributed by atoms with van der Waals surface area (Å²) < 4.78 is 5.66. The smallest absolute Gasteiger partial charge is 0.225 e. The van der Waals surface area contributed by atoms with Gasteiger partial charge >= 0.3 is 0 Å². The molecular formula is C20H24N4O. The molecule has 5 nitrogen and oxygen atoms in total. The summed E-state index contributed by atoms with van der Waals surface area (Å²) in [5.74, 6) is 0.871. The Bertz CT molecular complexity index is 867. The number of furan rings is 1. The number of fused-ring (bicyclic) bond motifs is 1. The molecule has 0 aliphatic carbocycles. The van der Waals surface area contributed by atoms with Crippen LogP contribution in [0.5, 0.6) is 0 Å². The lowest BCUT2D eigenvalue weighted by atomic mass is 10.1. The molecule has 1 aliphatic heterocycles. The van der Waals surface area contributed by atoms with Crippen molar-refractivity contribution < 1.29 is 4.42 Å². The van der Waals surface area contributed by atoms with Gasteiger partial charge in [0.1, 0.15) is 5.58 Å². The van der Waals surface area contributed by atoms with Crippen molar-refractivity contribution in [3.8, 4) is 0 Å². The third kappa shape index (κ3) is 3.37. The second kappa shape index (κ2) is 6.84. The van der Waals surface area contributed by atoms with Crippen LogP contribution in [0.1, 0.15) is 42.8 Å². The van der Waals surface area contributed by atoms with Crippen LogP contribution in [0.2, 0.25) is 0 Å². The summed E-state index contributed by atoms with van der Waals surface area (Å²) in [5, 5.41) is 4.74. The van der Waals surface area contributed by atoms with Crippen molar-refractivity contribution in [3.63, 3.8) is 0 Å². The Morgan fingerprint density at radius 1 is 1.20 bits per heavy atom. The standard InChI is InChI=1S/C20H24N4O/c1-14-11-16(23-20(22-14)24-9-5-6-10-24)12-21-15(2)18-13-25-19-8-4-3-7-17(18)19/h3-4,7-8,11,13,15,21H,5-6,9-10,12H2,1-2H3. The van der Waals surface area contributed by atoms with Crippen LogP contribution >= 0.6 is 0 Å². The maximum Gasteiger partial charge on any atom is 0.225 e. The van der Waals surface area contributed by atoms with Gasteiger partial charge in [-0.25, -0.2) is 9.97 Å². The second-order valence-corrected chi connectivity index (χ2v) is 6.78. The largest absolute Gasteiger partial charge is 0.464 e. The molecule has 130 valence electrons. The number of anilines is 1. The monoisotopic (exact) mass is 336 g/mol. The molecule has 5 heteroatoms. The second-order valence-electron chi connectivity index (χ2n) is 6.78. The molecule has 1 saturated heterocycles. The summed E-state index contributed by atoms with van der Waals surface area (Å²) in [6, 6.07) is 10.4. The van der Waals surface area contributed by atoms with Gasteiger partial charge in [-0.3, -0.25) is 0 Å². The molecular weight excluding hydrogens is 312 g/mol. The quantitative estimate of drug-likeness (QED) is 0.764. The molecule has 0 radical (unpaired) electrons. The summed E-state index contributed by atoms with van der Waals surface area (Å²) in [5.41, 5.74) is 4.17. The zero-order valence-electron chi connectivity index (χ0n) is 14.8. The summed E-state index contributed by atoms with van der Waals surface area (Å²) >= 11 is 0. The lowest BCUT2D eigenvalue weighted by Gasteiger charge is -2.17. The third-order valence-corrected chi connectivity index (χ3v) is 4.85. The Labute approximate surface area is 148 Å². The highest BCUT2D eigenvalue weighted by molar-refractivity contribution is 5.81. The summed E-state index contributed by atoms with van der Waals surface area (Å²) in [6.07, 6.45) is 4.31. The van der Waals surface area contributed by atoms with Crippen molar-refractivity contribution in [2.24, 2.45) is 0 Å². The van der Waals surface area contributed by atoms with E-state index in [1.165, 1.54) is 23.8 Å². The van der Waals surface area contributed by atoms with Crippen molar-refractivity contribution in [3.05, 3.63) is 53.5 Å². The van der Waals surface area contributed by atoms with Gasteiger partial charge < -0.3 is 14.6 Å². The van der Waals surface area contributed by atoms with Crippen molar-refractivity contribution in [1.29, 1.82) is 0 Å². The molecule has 1 N–H and O–H groups in total. The van der Waals surface area contributed by atoms with Crippen LogP contribution < -0.4 is 10.2 Å². The molecule has 1 aliphatic rings. The van der Waals surface area contributed by atoms with Crippen molar-refractivity contribution >= 4 is 16.9 Å². The van der Waals surface area contributed by atoms with Gasteiger partial charge in [0.2, 0.25) is 5.95 Å². The maximum atomic E-state index is 5.66. The van der Waals surface area contributed by atoms with Gasteiger partial charge in [-0.15, -0.1) is 0 Å². The highest BCUT2D eigenvalue weighted by atomic mass is 16.3. The lowest BCUT2D eigenvalue weighted by Crippen LogP contribution is -2.23. The molecule has 1 aromatic carbocycles. The number of nitrogens with one attached hydrogen (secondary N) is 1. The van der Waals surface area contributed by atoms with Crippen molar-refractivity contribution in [2.45, 2.75) is 39.3 Å². The van der Waals surface area contributed by atoms with Crippen LogP contribution in [-0.2, 0) is 6.54 Å². The number of aryl methyl sites for hydroxylation is 1. The molecule has 4 rings (SSSR count). The summed E-state index contributed by atoms with van der Waals surface area (Å²) in [7, 11) is 0. The van der Waals surface area contributed by atoms with Crippen LogP contribution in [0.4, 0.5) is 5.95 Å². The average Bonchev–Trinajstić information content (AvgIpc) is 3.29. The first kappa shape index (κ1) is 16.1. The van der Waals surface area contributed by atoms with Crippen molar-refractivity contribution in [2.75, 3.05) is 18.0 Å². The maximum absolute atomic E-state index is 5.66. The van der Waals surface area contributed by atoms with Crippen LogP contribution in [0.3, 0.4) is 0 Å². The van der Waals surface area contributed by atoms with Gasteiger partial charge in [0.15, 0.2) is 0 Å². The topological polar surface area (TPSA) is 54.2 Å². The van der Waals surface area contributed by atoms with E-state index in [-0.39, 0.29) is 6.04 Å². The van der Waals surface area contributed by atoms with Gasteiger partial charge in [0.05, 0.1) is 12.0 Å². The van der Waals surface area contributed by atoms with Crippen LogP contribution in [0.15, 0.2) is 41.0 Å². The Balaban J connectivity index is 1.49. The SMILES string of the molecule is Cc1cc(CNC(C)c2coc3ccccc23)nc(N2CCCC2)n1. The first-order chi connectivity index (χ1) is 12.2. The van der Waals surface area contributed by atoms with E-state index in [4.69, 9.17) is 9.40 Å². The molecule has 1 fully saturated rings. The minimum absolute atomic E-state index is 0.189. The number of rotatable bonds is 5. The first-order valence-electron chi connectivity index (χ1n) is 9.00. The van der Waals surface area contributed by atoms with E-state index in [1.807, 2.05) is 31.4 Å². The highest BCUT2D eigenvalue weighted by Gasteiger charge is 2.17. The normalized spacial score (nSPS) is 15.8. The number of benzene rings is 1. The van der Waals surface area contributed by atoms with Gasteiger partial charge in [-0.05, 0) is 38.8 Å². The minimum Gasteiger partial charge on any atom is -0.464 e. The van der Waals surface area contributed by atoms with Gasteiger partial charge in [0.25, 0.3) is 0 Å². The van der Waals surface area contributed by atoms with E-state index in [9.17, 15) is 0 Å². The Kier molecular flexibility index (Phi) is 4.40. The predicted molar refractivity (Wildman–Crippen MR) is 99.7 cm³/mol. The molecule has 3 heterocycles. The minimum atomic E-state index is 0.189.